The Kier molecular flexibility index (Phi) is 4.89. The number of carbonyl (C=O) groups is 1. The lowest BCUT2D eigenvalue weighted by molar-refractivity contribution is -0.113. The first-order valence-corrected chi connectivity index (χ1v) is 9.57. The minimum Gasteiger partial charge on any atom is -0.325 e. The molecule has 0 aliphatic carbocycles. The van der Waals surface area contributed by atoms with Gasteiger partial charge in [-0.15, -0.1) is 0 Å². The molecule has 1 amide bonds. The van der Waals surface area contributed by atoms with Crippen LogP contribution in [0.3, 0.4) is 0 Å². The van der Waals surface area contributed by atoms with Crippen LogP contribution in [0.5, 0.6) is 0 Å². The highest BCUT2D eigenvalue weighted by molar-refractivity contribution is 8.00. The third-order valence-corrected chi connectivity index (χ3v) is 5.09. The summed E-state index contributed by atoms with van der Waals surface area (Å²) < 4.78 is 1.80. The average molecular weight is 374 g/mol. The van der Waals surface area contributed by atoms with Gasteiger partial charge in [0.15, 0.2) is 0 Å². The third kappa shape index (κ3) is 4.01. The average Bonchev–Trinajstić information content (AvgIpc) is 3.14. The zero-order chi connectivity index (χ0) is 18.6. The lowest BCUT2D eigenvalue weighted by atomic mass is 10.1. The second-order valence-electron chi connectivity index (χ2n) is 6.16. The van der Waals surface area contributed by atoms with E-state index in [1.807, 2.05) is 73.8 Å². The SMILES string of the molecule is Cc1ccc(NC(=O)CSc2nccn3nc(-c4ccccc4)cc23)cc1. The van der Waals surface area contributed by atoms with Crippen LogP contribution in [0.2, 0.25) is 0 Å². The summed E-state index contributed by atoms with van der Waals surface area (Å²) in [5.41, 5.74) is 4.79. The molecule has 6 heteroatoms. The highest BCUT2D eigenvalue weighted by atomic mass is 32.2. The molecule has 1 N–H and O–H groups in total. The summed E-state index contributed by atoms with van der Waals surface area (Å²) in [6, 6.07) is 19.8. The predicted octanol–water partition coefficient (Wildman–Crippen LogP) is 4.44. The van der Waals surface area contributed by atoms with Crippen molar-refractivity contribution in [3.8, 4) is 11.3 Å². The van der Waals surface area contributed by atoms with Crippen molar-refractivity contribution in [3.05, 3.63) is 78.6 Å². The van der Waals surface area contributed by atoms with Gasteiger partial charge >= 0.3 is 0 Å². The summed E-state index contributed by atoms with van der Waals surface area (Å²) in [5, 5.41) is 8.30. The van der Waals surface area contributed by atoms with Crippen LogP contribution in [0.15, 0.2) is 78.1 Å². The first-order valence-electron chi connectivity index (χ1n) is 8.58. The molecule has 0 bridgehead atoms. The van der Waals surface area contributed by atoms with Crippen molar-refractivity contribution in [1.82, 2.24) is 14.6 Å². The van der Waals surface area contributed by atoms with Crippen molar-refractivity contribution in [1.29, 1.82) is 0 Å². The van der Waals surface area contributed by atoms with Crippen molar-refractivity contribution in [2.75, 3.05) is 11.1 Å². The number of nitrogens with zero attached hydrogens (tertiary/aromatic N) is 3. The molecule has 0 radical (unpaired) electrons. The first-order chi connectivity index (χ1) is 13.2. The molecule has 2 aromatic heterocycles. The normalized spacial score (nSPS) is 10.9. The summed E-state index contributed by atoms with van der Waals surface area (Å²) in [6.45, 7) is 2.02. The fraction of sp³-hybridized carbons (Fsp3) is 0.0952. The second kappa shape index (κ2) is 7.63. The maximum absolute atomic E-state index is 12.3. The van der Waals surface area contributed by atoms with Gasteiger partial charge in [-0.25, -0.2) is 9.50 Å². The number of hydrogen-bond acceptors (Lipinski definition) is 4. The van der Waals surface area contributed by atoms with E-state index in [0.29, 0.717) is 0 Å². The van der Waals surface area contributed by atoms with Gasteiger partial charge in [0.2, 0.25) is 5.91 Å². The maximum Gasteiger partial charge on any atom is 0.234 e. The number of amides is 1. The molecule has 0 atom stereocenters. The highest BCUT2D eigenvalue weighted by Gasteiger charge is 2.11. The molecule has 0 aliphatic rings. The Bertz CT molecular complexity index is 1070. The summed E-state index contributed by atoms with van der Waals surface area (Å²) in [6.07, 6.45) is 3.52. The van der Waals surface area contributed by atoms with Crippen LogP contribution in [-0.4, -0.2) is 26.3 Å². The first kappa shape index (κ1) is 17.3. The Balaban J connectivity index is 1.49. The van der Waals surface area contributed by atoms with E-state index < -0.39 is 0 Å². The number of nitrogens with one attached hydrogen (secondary N) is 1. The molecule has 4 aromatic rings. The standard InChI is InChI=1S/C21H18N4OS/c1-15-7-9-17(10-8-15)23-20(26)14-27-21-19-13-18(16-5-3-2-4-6-16)24-25(19)12-11-22-21/h2-13H,14H2,1H3,(H,23,26). The summed E-state index contributed by atoms with van der Waals surface area (Å²) in [4.78, 5) is 16.7. The van der Waals surface area contributed by atoms with E-state index >= 15 is 0 Å². The molecule has 0 saturated carbocycles. The molecule has 2 heterocycles. The van der Waals surface area contributed by atoms with Crippen LogP contribution >= 0.6 is 11.8 Å². The van der Waals surface area contributed by atoms with Gasteiger partial charge in [0, 0.05) is 23.6 Å². The maximum atomic E-state index is 12.3. The van der Waals surface area contributed by atoms with Crippen LogP contribution in [-0.2, 0) is 4.79 Å². The minimum atomic E-state index is -0.0598. The number of hydrogen-bond donors (Lipinski definition) is 1. The number of rotatable bonds is 5. The molecule has 4 rings (SSSR count). The van der Waals surface area contributed by atoms with Gasteiger partial charge in [-0.05, 0) is 25.1 Å². The third-order valence-electron chi connectivity index (χ3n) is 4.10. The van der Waals surface area contributed by atoms with Crippen LogP contribution in [0.4, 0.5) is 5.69 Å². The Morgan fingerprint density at radius 2 is 1.89 bits per heavy atom. The minimum absolute atomic E-state index is 0.0598. The van der Waals surface area contributed by atoms with E-state index in [0.717, 1.165) is 33.1 Å². The molecule has 134 valence electrons. The van der Waals surface area contributed by atoms with Gasteiger partial charge in [0.1, 0.15) is 5.03 Å². The number of anilines is 1. The summed E-state index contributed by atoms with van der Waals surface area (Å²) >= 11 is 1.40. The highest BCUT2D eigenvalue weighted by Crippen LogP contribution is 2.26. The van der Waals surface area contributed by atoms with Crippen LogP contribution in [0, 0.1) is 6.92 Å². The van der Waals surface area contributed by atoms with Gasteiger partial charge in [-0.3, -0.25) is 4.79 Å². The van der Waals surface area contributed by atoms with Crippen LogP contribution < -0.4 is 5.32 Å². The zero-order valence-electron chi connectivity index (χ0n) is 14.8. The van der Waals surface area contributed by atoms with Crippen molar-refractivity contribution in [3.63, 3.8) is 0 Å². The molecule has 27 heavy (non-hydrogen) atoms. The molecule has 5 nitrogen and oxygen atoms in total. The number of aryl methyl sites for hydroxylation is 1. The van der Waals surface area contributed by atoms with Crippen LogP contribution in [0.25, 0.3) is 16.8 Å². The topological polar surface area (TPSA) is 59.3 Å². The van der Waals surface area contributed by atoms with E-state index in [1.165, 1.54) is 11.8 Å². The fourth-order valence-electron chi connectivity index (χ4n) is 2.73. The molecule has 2 aromatic carbocycles. The monoisotopic (exact) mass is 374 g/mol. The predicted molar refractivity (Wildman–Crippen MR) is 109 cm³/mol. The summed E-state index contributed by atoms with van der Waals surface area (Å²) in [5.74, 6) is 0.224. The Morgan fingerprint density at radius 1 is 1.11 bits per heavy atom. The molecular formula is C21H18N4OS. The number of fused-ring (bicyclic) bond motifs is 1. The zero-order valence-corrected chi connectivity index (χ0v) is 15.6. The number of thioether (sulfide) groups is 1. The largest absolute Gasteiger partial charge is 0.325 e. The Hall–Kier alpha value is -3.12. The van der Waals surface area contributed by atoms with Gasteiger partial charge in [-0.1, -0.05) is 59.8 Å². The van der Waals surface area contributed by atoms with Crippen LogP contribution in [0.1, 0.15) is 5.56 Å². The van der Waals surface area contributed by atoms with E-state index in [2.05, 4.69) is 15.4 Å². The molecule has 0 aliphatic heterocycles. The second-order valence-corrected chi connectivity index (χ2v) is 7.12. The van der Waals surface area contributed by atoms with Crippen molar-refractivity contribution in [2.45, 2.75) is 11.9 Å². The number of carbonyl (C=O) groups excluding carboxylic acids is 1. The van der Waals surface area contributed by atoms with Gasteiger partial charge in [0.25, 0.3) is 0 Å². The molecule has 0 fully saturated rings. The molecule has 0 spiro atoms. The summed E-state index contributed by atoms with van der Waals surface area (Å²) in [7, 11) is 0. The van der Waals surface area contributed by atoms with E-state index in [1.54, 1.807) is 10.7 Å². The van der Waals surface area contributed by atoms with E-state index in [9.17, 15) is 4.79 Å². The van der Waals surface area contributed by atoms with E-state index in [4.69, 9.17) is 0 Å². The quantitative estimate of drug-likeness (QED) is 0.525. The molecular weight excluding hydrogens is 356 g/mol. The smallest absolute Gasteiger partial charge is 0.234 e. The molecule has 0 unspecified atom stereocenters. The van der Waals surface area contributed by atoms with Gasteiger partial charge in [-0.2, -0.15) is 5.10 Å². The Morgan fingerprint density at radius 3 is 2.67 bits per heavy atom. The van der Waals surface area contributed by atoms with Crippen molar-refractivity contribution in [2.24, 2.45) is 0 Å². The lowest BCUT2D eigenvalue weighted by Gasteiger charge is -2.06. The van der Waals surface area contributed by atoms with E-state index in [-0.39, 0.29) is 11.7 Å². The fourth-order valence-corrected chi connectivity index (χ4v) is 3.50. The lowest BCUT2D eigenvalue weighted by Crippen LogP contribution is -2.14. The van der Waals surface area contributed by atoms with Gasteiger partial charge < -0.3 is 5.32 Å². The van der Waals surface area contributed by atoms with Gasteiger partial charge in [0.05, 0.1) is 17.0 Å². The Labute approximate surface area is 161 Å². The van der Waals surface area contributed by atoms with Crippen molar-refractivity contribution < 1.29 is 4.79 Å². The number of aromatic nitrogens is 3. The number of benzene rings is 2. The van der Waals surface area contributed by atoms with Crippen molar-refractivity contribution >= 4 is 28.9 Å². The molecule has 0 saturated heterocycles.